The standard InChI is InChI=1S/C12H10ClFN2O2S/c1-8-6-9(14)2-3-11(8)19(17,18)16-10-4-5-15-12(13)7-10/h2-7H,1H3,(H,15,16). The number of aromatic nitrogens is 1. The fourth-order valence-corrected chi connectivity index (χ4v) is 3.04. The van der Waals surface area contributed by atoms with Gasteiger partial charge in [-0.1, -0.05) is 11.6 Å². The summed E-state index contributed by atoms with van der Waals surface area (Å²) in [5.41, 5.74) is 0.622. The first-order chi connectivity index (χ1) is 8.88. The molecule has 0 aliphatic carbocycles. The summed E-state index contributed by atoms with van der Waals surface area (Å²) < 4.78 is 39.6. The van der Waals surface area contributed by atoms with Crippen LogP contribution in [0.15, 0.2) is 41.4 Å². The Hall–Kier alpha value is -1.66. The van der Waals surface area contributed by atoms with Gasteiger partial charge in [0.25, 0.3) is 10.0 Å². The van der Waals surface area contributed by atoms with Gasteiger partial charge in [0.05, 0.1) is 10.6 Å². The maximum Gasteiger partial charge on any atom is 0.262 e. The molecule has 0 saturated carbocycles. The van der Waals surface area contributed by atoms with Crippen LogP contribution >= 0.6 is 11.6 Å². The van der Waals surface area contributed by atoms with Gasteiger partial charge in [0.15, 0.2) is 0 Å². The van der Waals surface area contributed by atoms with Gasteiger partial charge in [0.2, 0.25) is 0 Å². The molecule has 0 fully saturated rings. The number of benzene rings is 1. The van der Waals surface area contributed by atoms with E-state index in [1.165, 1.54) is 31.3 Å². The number of hydrogen-bond donors (Lipinski definition) is 1. The molecule has 0 aliphatic rings. The van der Waals surface area contributed by atoms with Gasteiger partial charge in [0.1, 0.15) is 11.0 Å². The number of halogens is 2. The predicted octanol–water partition coefficient (Wildman–Crippen LogP) is 2.98. The average Bonchev–Trinajstić information content (AvgIpc) is 2.27. The van der Waals surface area contributed by atoms with E-state index in [9.17, 15) is 12.8 Å². The van der Waals surface area contributed by atoms with Gasteiger partial charge in [-0.05, 0) is 42.8 Å². The van der Waals surface area contributed by atoms with Crippen molar-refractivity contribution < 1.29 is 12.8 Å². The van der Waals surface area contributed by atoms with E-state index >= 15 is 0 Å². The van der Waals surface area contributed by atoms with Crippen molar-refractivity contribution in [2.75, 3.05) is 4.72 Å². The first-order valence-electron chi connectivity index (χ1n) is 5.29. The second-order valence-corrected chi connectivity index (χ2v) is 5.92. The molecule has 7 heteroatoms. The van der Waals surface area contributed by atoms with Crippen LogP contribution < -0.4 is 4.72 Å². The molecule has 0 spiro atoms. The molecule has 0 saturated heterocycles. The van der Waals surface area contributed by atoms with Gasteiger partial charge >= 0.3 is 0 Å². The molecular formula is C12H10ClFN2O2S. The van der Waals surface area contributed by atoms with Crippen molar-refractivity contribution in [3.8, 4) is 0 Å². The molecule has 1 N–H and O–H groups in total. The van der Waals surface area contributed by atoms with Gasteiger partial charge in [-0.15, -0.1) is 0 Å². The van der Waals surface area contributed by atoms with E-state index in [1.54, 1.807) is 0 Å². The molecule has 1 heterocycles. The molecule has 0 bridgehead atoms. The summed E-state index contributed by atoms with van der Waals surface area (Å²) in [6.07, 6.45) is 1.39. The fraction of sp³-hybridized carbons (Fsp3) is 0.0833. The fourth-order valence-electron chi connectivity index (χ4n) is 1.59. The van der Waals surface area contributed by atoms with Crippen LogP contribution in [0.1, 0.15) is 5.56 Å². The first-order valence-corrected chi connectivity index (χ1v) is 7.15. The Balaban J connectivity index is 2.38. The lowest BCUT2D eigenvalue weighted by Crippen LogP contribution is -2.14. The lowest BCUT2D eigenvalue weighted by atomic mass is 10.2. The van der Waals surface area contributed by atoms with Crippen LogP contribution in [-0.2, 0) is 10.0 Å². The van der Waals surface area contributed by atoms with Gasteiger partial charge in [-0.3, -0.25) is 4.72 Å². The van der Waals surface area contributed by atoms with Crippen LogP contribution in [0.4, 0.5) is 10.1 Å². The van der Waals surface area contributed by atoms with E-state index in [2.05, 4.69) is 9.71 Å². The minimum atomic E-state index is -3.78. The number of nitrogens with zero attached hydrogens (tertiary/aromatic N) is 1. The Morgan fingerprint density at radius 1 is 1.26 bits per heavy atom. The molecule has 100 valence electrons. The SMILES string of the molecule is Cc1cc(F)ccc1S(=O)(=O)Nc1ccnc(Cl)c1. The van der Waals surface area contributed by atoms with Gasteiger partial charge in [-0.2, -0.15) is 0 Å². The number of hydrogen-bond acceptors (Lipinski definition) is 3. The zero-order valence-corrected chi connectivity index (χ0v) is 11.5. The number of sulfonamides is 1. The summed E-state index contributed by atoms with van der Waals surface area (Å²) in [7, 11) is -3.78. The van der Waals surface area contributed by atoms with Crippen molar-refractivity contribution in [1.82, 2.24) is 4.98 Å². The van der Waals surface area contributed by atoms with Crippen molar-refractivity contribution in [2.45, 2.75) is 11.8 Å². The number of anilines is 1. The third-order valence-electron chi connectivity index (χ3n) is 2.41. The molecule has 0 radical (unpaired) electrons. The number of rotatable bonds is 3. The van der Waals surface area contributed by atoms with Crippen LogP contribution in [0.5, 0.6) is 0 Å². The normalized spacial score (nSPS) is 11.3. The largest absolute Gasteiger partial charge is 0.279 e. The Kier molecular flexibility index (Phi) is 3.73. The van der Waals surface area contributed by atoms with Gasteiger partial charge < -0.3 is 0 Å². The highest BCUT2D eigenvalue weighted by atomic mass is 35.5. The predicted molar refractivity (Wildman–Crippen MR) is 71.2 cm³/mol. The summed E-state index contributed by atoms with van der Waals surface area (Å²) >= 11 is 5.68. The van der Waals surface area contributed by atoms with Crippen LogP contribution in [0.3, 0.4) is 0 Å². The summed E-state index contributed by atoms with van der Waals surface area (Å²) in [6, 6.07) is 6.34. The monoisotopic (exact) mass is 300 g/mol. The highest BCUT2D eigenvalue weighted by Crippen LogP contribution is 2.21. The third kappa shape index (κ3) is 3.21. The molecule has 4 nitrogen and oxygen atoms in total. The van der Waals surface area contributed by atoms with E-state index in [1.807, 2.05) is 0 Å². The van der Waals surface area contributed by atoms with E-state index in [0.29, 0.717) is 11.3 Å². The topological polar surface area (TPSA) is 59.1 Å². The molecule has 19 heavy (non-hydrogen) atoms. The minimum absolute atomic E-state index is 0.0156. The van der Waals surface area contributed by atoms with E-state index in [4.69, 9.17) is 11.6 Å². The third-order valence-corrected chi connectivity index (χ3v) is 4.15. The van der Waals surface area contributed by atoms with Crippen molar-refractivity contribution >= 4 is 27.3 Å². The Morgan fingerprint density at radius 2 is 2.00 bits per heavy atom. The summed E-state index contributed by atoms with van der Waals surface area (Å²) in [5, 5.41) is 0.177. The molecule has 1 aromatic carbocycles. The molecule has 0 aliphatic heterocycles. The lowest BCUT2D eigenvalue weighted by Gasteiger charge is -2.10. The highest BCUT2D eigenvalue weighted by Gasteiger charge is 2.17. The van der Waals surface area contributed by atoms with Crippen LogP contribution in [0, 0.1) is 12.7 Å². The minimum Gasteiger partial charge on any atom is -0.279 e. The van der Waals surface area contributed by atoms with Crippen LogP contribution in [0.2, 0.25) is 5.15 Å². The Labute approximate surface area is 115 Å². The van der Waals surface area contributed by atoms with E-state index in [-0.39, 0.29) is 10.0 Å². The van der Waals surface area contributed by atoms with Crippen molar-refractivity contribution in [3.05, 3.63) is 53.1 Å². The number of nitrogens with one attached hydrogen (secondary N) is 1. The quantitative estimate of drug-likeness (QED) is 0.887. The number of pyridine rings is 1. The van der Waals surface area contributed by atoms with Crippen molar-refractivity contribution in [1.29, 1.82) is 0 Å². The zero-order chi connectivity index (χ0) is 14.0. The van der Waals surface area contributed by atoms with E-state index in [0.717, 1.165) is 12.1 Å². The van der Waals surface area contributed by atoms with Crippen molar-refractivity contribution in [3.63, 3.8) is 0 Å². The maximum absolute atomic E-state index is 13.0. The Bertz CT molecular complexity index is 719. The van der Waals surface area contributed by atoms with Gasteiger partial charge in [0, 0.05) is 6.20 Å². The second kappa shape index (κ2) is 5.14. The average molecular weight is 301 g/mol. The number of aryl methyl sites for hydroxylation is 1. The van der Waals surface area contributed by atoms with E-state index < -0.39 is 15.8 Å². The second-order valence-electron chi connectivity index (χ2n) is 3.88. The van der Waals surface area contributed by atoms with Crippen molar-refractivity contribution in [2.24, 2.45) is 0 Å². The Morgan fingerprint density at radius 3 is 2.63 bits per heavy atom. The van der Waals surface area contributed by atoms with Crippen LogP contribution in [0.25, 0.3) is 0 Å². The van der Waals surface area contributed by atoms with Gasteiger partial charge in [-0.25, -0.2) is 17.8 Å². The lowest BCUT2D eigenvalue weighted by molar-refractivity contribution is 0.598. The smallest absolute Gasteiger partial charge is 0.262 e. The highest BCUT2D eigenvalue weighted by molar-refractivity contribution is 7.92. The molecular weight excluding hydrogens is 291 g/mol. The summed E-state index contributed by atoms with van der Waals surface area (Å²) in [4.78, 5) is 3.77. The molecule has 2 rings (SSSR count). The molecule has 0 atom stereocenters. The van der Waals surface area contributed by atoms with Crippen LogP contribution in [-0.4, -0.2) is 13.4 Å². The molecule has 2 aromatic rings. The summed E-state index contributed by atoms with van der Waals surface area (Å²) in [6.45, 7) is 1.52. The molecule has 0 unspecified atom stereocenters. The maximum atomic E-state index is 13.0. The first kappa shape index (κ1) is 13.8. The molecule has 1 aromatic heterocycles. The zero-order valence-electron chi connectivity index (χ0n) is 9.89. The summed E-state index contributed by atoms with van der Waals surface area (Å²) in [5.74, 6) is -0.483. The molecule has 0 amide bonds.